The summed E-state index contributed by atoms with van der Waals surface area (Å²) in [4.78, 5) is 16.9. The first-order chi connectivity index (χ1) is 14.1. The molecule has 0 fully saturated rings. The number of methoxy groups -OCH3 is 1. The van der Waals surface area contributed by atoms with E-state index >= 15 is 0 Å². The molecular formula is C21H18N4O3S. The molecule has 2 aromatic heterocycles. The number of nitrogens with zero attached hydrogens (tertiary/aromatic N) is 3. The number of hydrogen-bond acceptors (Lipinski definition) is 7. The summed E-state index contributed by atoms with van der Waals surface area (Å²) in [5.74, 6) is 1.07. The first kappa shape index (κ1) is 18.9. The Morgan fingerprint density at radius 1 is 1.14 bits per heavy atom. The summed E-state index contributed by atoms with van der Waals surface area (Å²) in [5.41, 5.74) is 3.18. The van der Waals surface area contributed by atoms with Gasteiger partial charge in [-0.2, -0.15) is 0 Å². The van der Waals surface area contributed by atoms with Gasteiger partial charge in [-0.3, -0.25) is 9.78 Å². The molecule has 7 nitrogen and oxygen atoms in total. The summed E-state index contributed by atoms with van der Waals surface area (Å²) in [7, 11) is 1.60. The number of rotatable bonds is 6. The Labute approximate surface area is 171 Å². The maximum Gasteiger partial charge on any atom is 0.277 e. The van der Waals surface area contributed by atoms with Crippen LogP contribution in [0.15, 0.2) is 64.2 Å². The Hall–Kier alpha value is -3.39. The van der Waals surface area contributed by atoms with Gasteiger partial charge in [0, 0.05) is 16.6 Å². The largest absolute Gasteiger partial charge is 0.497 e. The number of para-hydroxylation sites is 1. The van der Waals surface area contributed by atoms with Crippen LogP contribution in [0.5, 0.6) is 5.75 Å². The number of thioether (sulfide) groups is 1. The number of amides is 1. The van der Waals surface area contributed by atoms with Crippen LogP contribution in [-0.2, 0) is 4.79 Å². The summed E-state index contributed by atoms with van der Waals surface area (Å²) >= 11 is 1.18. The monoisotopic (exact) mass is 406 g/mol. The van der Waals surface area contributed by atoms with Crippen molar-refractivity contribution in [2.24, 2.45) is 0 Å². The predicted molar refractivity (Wildman–Crippen MR) is 112 cm³/mol. The first-order valence-electron chi connectivity index (χ1n) is 8.89. The van der Waals surface area contributed by atoms with Crippen LogP contribution in [0, 0.1) is 6.92 Å². The molecule has 0 atom stereocenters. The number of hydrogen-bond donors (Lipinski definition) is 1. The average molecular weight is 406 g/mol. The minimum absolute atomic E-state index is 0.148. The number of benzene rings is 2. The number of carbonyl (C=O) groups excluding carboxylic acids is 1. The number of ether oxygens (including phenoxy) is 1. The SMILES string of the molecule is COc1cccc(-c2nnc(SCC(=O)Nc3cc(C)nc4ccccc34)o2)c1. The molecule has 0 bridgehead atoms. The van der Waals surface area contributed by atoms with Crippen LogP contribution in [0.3, 0.4) is 0 Å². The van der Waals surface area contributed by atoms with Gasteiger partial charge < -0.3 is 14.5 Å². The lowest BCUT2D eigenvalue weighted by atomic mass is 10.1. The summed E-state index contributed by atoms with van der Waals surface area (Å²) in [5, 5.41) is 12.2. The highest BCUT2D eigenvalue weighted by Crippen LogP contribution is 2.27. The van der Waals surface area contributed by atoms with Gasteiger partial charge in [0.25, 0.3) is 5.22 Å². The molecule has 0 aliphatic carbocycles. The number of fused-ring (bicyclic) bond motifs is 1. The molecule has 4 aromatic rings. The Kier molecular flexibility index (Phi) is 5.44. The molecule has 0 spiro atoms. The molecule has 29 heavy (non-hydrogen) atoms. The van der Waals surface area contributed by atoms with Gasteiger partial charge in [-0.15, -0.1) is 10.2 Å². The molecule has 0 aliphatic heterocycles. The minimum atomic E-state index is -0.160. The Morgan fingerprint density at radius 3 is 2.86 bits per heavy atom. The quantitative estimate of drug-likeness (QED) is 0.477. The van der Waals surface area contributed by atoms with Crippen molar-refractivity contribution in [1.82, 2.24) is 15.2 Å². The minimum Gasteiger partial charge on any atom is -0.497 e. The van der Waals surface area contributed by atoms with Crippen molar-refractivity contribution < 1.29 is 13.9 Å². The third-order valence-electron chi connectivity index (χ3n) is 4.17. The summed E-state index contributed by atoms with van der Waals surface area (Å²) in [6, 6.07) is 16.9. The van der Waals surface area contributed by atoms with E-state index in [1.54, 1.807) is 7.11 Å². The Balaban J connectivity index is 1.43. The predicted octanol–water partition coefficient (Wildman–Crippen LogP) is 4.33. The maximum absolute atomic E-state index is 12.4. The topological polar surface area (TPSA) is 90.1 Å². The number of pyridine rings is 1. The zero-order valence-corrected chi connectivity index (χ0v) is 16.7. The molecular weight excluding hydrogens is 388 g/mol. The van der Waals surface area contributed by atoms with Gasteiger partial charge in [0.2, 0.25) is 11.8 Å². The van der Waals surface area contributed by atoms with Gasteiger partial charge in [0.1, 0.15) is 5.75 Å². The second-order valence-corrected chi connectivity index (χ2v) is 7.20. The molecule has 8 heteroatoms. The standard InChI is InChI=1S/C21H18N4O3S/c1-13-10-18(16-8-3-4-9-17(16)22-13)23-19(26)12-29-21-25-24-20(28-21)14-6-5-7-15(11-14)27-2/h3-11H,12H2,1-2H3,(H,22,23,26). The molecule has 0 saturated heterocycles. The van der Waals surface area contributed by atoms with Gasteiger partial charge in [-0.25, -0.2) is 0 Å². The zero-order chi connectivity index (χ0) is 20.2. The molecule has 0 unspecified atom stereocenters. The highest BCUT2D eigenvalue weighted by Gasteiger charge is 2.13. The number of anilines is 1. The molecule has 0 radical (unpaired) electrons. The van der Waals surface area contributed by atoms with E-state index in [1.807, 2.05) is 61.5 Å². The van der Waals surface area contributed by atoms with Crippen molar-refractivity contribution in [3.63, 3.8) is 0 Å². The zero-order valence-electron chi connectivity index (χ0n) is 15.9. The first-order valence-corrected chi connectivity index (χ1v) is 9.88. The van der Waals surface area contributed by atoms with Crippen LogP contribution in [0.1, 0.15) is 5.69 Å². The van der Waals surface area contributed by atoms with Crippen LogP contribution in [0.4, 0.5) is 5.69 Å². The molecule has 2 aromatic carbocycles. The van der Waals surface area contributed by atoms with E-state index < -0.39 is 0 Å². The van der Waals surface area contributed by atoms with Gasteiger partial charge in [0.05, 0.1) is 24.1 Å². The second kappa shape index (κ2) is 8.32. The number of carbonyl (C=O) groups is 1. The van der Waals surface area contributed by atoms with Crippen molar-refractivity contribution in [2.75, 3.05) is 18.2 Å². The maximum atomic E-state index is 12.4. The van der Waals surface area contributed by atoms with E-state index in [9.17, 15) is 4.79 Å². The van der Waals surface area contributed by atoms with E-state index in [0.29, 0.717) is 16.9 Å². The van der Waals surface area contributed by atoms with Crippen LogP contribution in [-0.4, -0.2) is 34.0 Å². The second-order valence-electron chi connectivity index (χ2n) is 6.27. The lowest BCUT2D eigenvalue weighted by Gasteiger charge is -2.09. The van der Waals surface area contributed by atoms with E-state index in [4.69, 9.17) is 9.15 Å². The molecule has 1 N–H and O–H groups in total. The molecule has 1 amide bonds. The lowest BCUT2D eigenvalue weighted by Crippen LogP contribution is -2.14. The summed E-state index contributed by atoms with van der Waals surface area (Å²) in [6.07, 6.45) is 0. The van der Waals surface area contributed by atoms with Crippen molar-refractivity contribution in [3.8, 4) is 17.2 Å². The van der Waals surface area contributed by atoms with Crippen molar-refractivity contribution in [2.45, 2.75) is 12.1 Å². The average Bonchev–Trinajstić information content (AvgIpc) is 3.21. The highest BCUT2D eigenvalue weighted by molar-refractivity contribution is 7.99. The fourth-order valence-corrected chi connectivity index (χ4v) is 3.43. The van der Waals surface area contributed by atoms with Crippen molar-refractivity contribution >= 4 is 34.3 Å². The van der Waals surface area contributed by atoms with E-state index in [1.165, 1.54) is 11.8 Å². The fraction of sp³-hybridized carbons (Fsp3) is 0.143. The Morgan fingerprint density at radius 2 is 2.00 bits per heavy atom. The van der Waals surface area contributed by atoms with Crippen molar-refractivity contribution in [1.29, 1.82) is 0 Å². The van der Waals surface area contributed by atoms with Crippen LogP contribution in [0.25, 0.3) is 22.4 Å². The van der Waals surface area contributed by atoms with Crippen molar-refractivity contribution in [3.05, 3.63) is 60.3 Å². The molecule has 146 valence electrons. The van der Waals surface area contributed by atoms with E-state index in [-0.39, 0.29) is 11.7 Å². The van der Waals surface area contributed by atoms with E-state index in [0.717, 1.165) is 27.8 Å². The number of aromatic nitrogens is 3. The van der Waals surface area contributed by atoms with Gasteiger partial charge in [0.15, 0.2) is 0 Å². The molecule has 0 aliphatic rings. The van der Waals surface area contributed by atoms with Crippen LogP contribution < -0.4 is 10.1 Å². The lowest BCUT2D eigenvalue weighted by molar-refractivity contribution is -0.113. The van der Waals surface area contributed by atoms with Crippen LogP contribution in [0.2, 0.25) is 0 Å². The summed E-state index contributed by atoms with van der Waals surface area (Å²) < 4.78 is 10.9. The molecule has 2 heterocycles. The normalized spacial score (nSPS) is 10.8. The molecule has 0 saturated carbocycles. The fourth-order valence-electron chi connectivity index (χ4n) is 2.87. The number of nitrogens with one attached hydrogen (secondary N) is 1. The van der Waals surface area contributed by atoms with Gasteiger partial charge in [-0.05, 0) is 37.3 Å². The van der Waals surface area contributed by atoms with Crippen LogP contribution >= 0.6 is 11.8 Å². The third-order valence-corrected chi connectivity index (χ3v) is 4.99. The molecule has 4 rings (SSSR count). The van der Waals surface area contributed by atoms with Gasteiger partial charge in [-0.1, -0.05) is 36.0 Å². The number of aryl methyl sites for hydroxylation is 1. The highest BCUT2D eigenvalue weighted by atomic mass is 32.2. The van der Waals surface area contributed by atoms with E-state index in [2.05, 4.69) is 20.5 Å². The third kappa shape index (κ3) is 4.38. The smallest absolute Gasteiger partial charge is 0.277 e. The Bertz CT molecular complexity index is 1180. The summed E-state index contributed by atoms with van der Waals surface area (Å²) in [6.45, 7) is 1.90. The van der Waals surface area contributed by atoms with Gasteiger partial charge >= 0.3 is 0 Å².